The lowest BCUT2D eigenvalue weighted by Crippen LogP contribution is -2.48. The molecule has 18 heavy (non-hydrogen) atoms. The number of aliphatic hydroxyl groups excluding tert-OH is 1. The molecular weight excluding hydrogens is 228 g/mol. The van der Waals surface area contributed by atoms with E-state index in [0.717, 1.165) is 25.7 Å². The third-order valence-electron chi connectivity index (χ3n) is 4.32. The maximum Gasteiger partial charge on any atom is 0.140 e. The Labute approximate surface area is 111 Å². The highest BCUT2D eigenvalue weighted by Crippen LogP contribution is 2.36. The van der Waals surface area contributed by atoms with Crippen molar-refractivity contribution < 1.29 is 15.0 Å². The van der Waals surface area contributed by atoms with Crippen LogP contribution in [0.1, 0.15) is 66.2 Å². The first-order valence-electron chi connectivity index (χ1n) is 7.09. The zero-order valence-corrected chi connectivity index (χ0v) is 12.2. The minimum atomic E-state index is -1.14. The Balaban J connectivity index is 2.63. The van der Waals surface area contributed by atoms with Crippen molar-refractivity contribution in [3.8, 4) is 0 Å². The molecule has 1 fully saturated rings. The van der Waals surface area contributed by atoms with Gasteiger partial charge in [-0.15, -0.1) is 0 Å². The molecule has 0 bridgehead atoms. The lowest BCUT2D eigenvalue weighted by atomic mass is 9.73. The molecule has 0 radical (unpaired) electrons. The molecule has 0 aromatic heterocycles. The van der Waals surface area contributed by atoms with Crippen LogP contribution in [0.25, 0.3) is 0 Å². The fourth-order valence-corrected chi connectivity index (χ4v) is 2.65. The van der Waals surface area contributed by atoms with Gasteiger partial charge in [-0.05, 0) is 25.7 Å². The van der Waals surface area contributed by atoms with Gasteiger partial charge in [-0.1, -0.05) is 40.0 Å². The Hall–Kier alpha value is -0.410. The molecule has 0 saturated heterocycles. The summed E-state index contributed by atoms with van der Waals surface area (Å²) in [5.74, 6) is 0.125. The first kappa shape index (κ1) is 15.6. The van der Waals surface area contributed by atoms with E-state index in [2.05, 4.69) is 0 Å². The number of rotatable bonds is 4. The standard InChI is InChI=1S/C15H28O3/c1-14(2,3)12(16)10-13(17)15(4,18)11-8-6-5-7-9-11/h11,13,17-18H,5-10H2,1-4H3/t13-,15-/m1/s1. The van der Waals surface area contributed by atoms with E-state index in [1.807, 2.05) is 20.8 Å². The van der Waals surface area contributed by atoms with Crippen molar-refractivity contribution >= 4 is 5.78 Å². The molecule has 1 rings (SSSR count). The average molecular weight is 256 g/mol. The Kier molecular flexibility index (Phi) is 4.96. The van der Waals surface area contributed by atoms with E-state index in [4.69, 9.17) is 0 Å². The van der Waals surface area contributed by atoms with Gasteiger partial charge >= 0.3 is 0 Å². The van der Waals surface area contributed by atoms with Gasteiger partial charge in [0.1, 0.15) is 5.78 Å². The van der Waals surface area contributed by atoms with Gasteiger partial charge in [0.25, 0.3) is 0 Å². The van der Waals surface area contributed by atoms with Crippen LogP contribution < -0.4 is 0 Å². The minimum absolute atomic E-state index is 0.00563. The van der Waals surface area contributed by atoms with Crippen LogP contribution in [0.15, 0.2) is 0 Å². The predicted molar refractivity (Wildman–Crippen MR) is 72.3 cm³/mol. The third-order valence-corrected chi connectivity index (χ3v) is 4.32. The van der Waals surface area contributed by atoms with E-state index in [0.29, 0.717) is 0 Å². The second kappa shape index (κ2) is 5.70. The van der Waals surface area contributed by atoms with Crippen molar-refractivity contribution in [2.24, 2.45) is 11.3 Å². The minimum Gasteiger partial charge on any atom is -0.390 e. The molecule has 0 aliphatic heterocycles. The molecular formula is C15H28O3. The zero-order chi connectivity index (χ0) is 14.0. The Morgan fingerprint density at radius 3 is 2.11 bits per heavy atom. The van der Waals surface area contributed by atoms with Gasteiger partial charge in [-0.3, -0.25) is 4.79 Å². The molecule has 0 aromatic carbocycles. The molecule has 0 unspecified atom stereocenters. The first-order chi connectivity index (χ1) is 8.15. The molecule has 0 spiro atoms. The number of carbonyl (C=O) groups excluding carboxylic acids is 1. The summed E-state index contributed by atoms with van der Waals surface area (Å²) < 4.78 is 0. The average Bonchev–Trinajstić information content (AvgIpc) is 2.28. The van der Waals surface area contributed by atoms with Crippen LogP contribution in [0.5, 0.6) is 0 Å². The van der Waals surface area contributed by atoms with E-state index in [1.165, 1.54) is 6.42 Å². The number of hydrogen-bond acceptors (Lipinski definition) is 3. The summed E-state index contributed by atoms with van der Waals surface area (Å²) in [4.78, 5) is 11.9. The van der Waals surface area contributed by atoms with Gasteiger partial charge in [-0.2, -0.15) is 0 Å². The summed E-state index contributed by atoms with van der Waals surface area (Å²) in [7, 11) is 0. The molecule has 0 amide bonds. The van der Waals surface area contributed by atoms with Crippen LogP contribution in [-0.4, -0.2) is 27.7 Å². The molecule has 2 atom stereocenters. The maximum atomic E-state index is 11.9. The summed E-state index contributed by atoms with van der Waals surface area (Å²) in [6.45, 7) is 7.22. The topological polar surface area (TPSA) is 57.5 Å². The summed E-state index contributed by atoms with van der Waals surface area (Å²) in [5, 5.41) is 20.7. The molecule has 2 N–H and O–H groups in total. The summed E-state index contributed by atoms with van der Waals surface area (Å²) in [6.07, 6.45) is 4.44. The van der Waals surface area contributed by atoms with Gasteiger partial charge in [-0.25, -0.2) is 0 Å². The highest BCUT2D eigenvalue weighted by molar-refractivity contribution is 5.84. The quantitative estimate of drug-likeness (QED) is 0.813. The van der Waals surface area contributed by atoms with Crippen LogP contribution in [0.3, 0.4) is 0 Å². The van der Waals surface area contributed by atoms with Crippen LogP contribution in [0.2, 0.25) is 0 Å². The maximum absolute atomic E-state index is 11.9. The number of Topliss-reactive ketones (excluding diaryl/α,β-unsaturated/α-hetero) is 1. The fraction of sp³-hybridized carbons (Fsp3) is 0.933. The van der Waals surface area contributed by atoms with E-state index >= 15 is 0 Å². The zero-order valence-electron chi connectivity index (χ0n) is 12.2. The SMILES string of the molecule is CC(C)(C)C(=O)C[C@@H](O)[C@](C)(O)C1CCCCC1. The molecule has 0 aromatic rings. The summed E-state index contributed by atoms with van der Waals surface area (Å²) >= 11 is 0. The molecule has 1 aliphatic carbocycles. The third kappa shape index (κ3) is 3.79. The van der Waals surface area contributed by atoms with Crippen LogP contribution in [0, 0.1) is 11.3 Å². The van der Waals surface area contributed by atoms with Crippen LogP contribution in [-0.2, 0) is 4.79 Å². The molecule has 0 heterocycles. The molecule has 106 valence electrons. The van der Waals surface area contributed by atoms with E-state index < -0.39 is 17.1 Å². The second-order valence-corrected chi connectivity index (χ2v) is 6.95. The van der Waals surface area contributed by atoms with Gasteiger partial charge in [0.05, 0.1) is 11.7 Å². The normalized spacial score (nSPS) is 23.4. The number of carbonyl (C=O) groups is 1. The number of hydrogen-bond donors (Lipinski definition) is 2. The Morgan fingerprint density at radius 2 is 1.67 bits per heavy atom. The highest BCUT2D eigenvalue weighted by Gasteiger charge is 2.41. The van der Waals surface area contributed by atoms with Crippen molar-refractivity contribution in [3.63, 3.8) is 0 Å². The van der Waals surface area contributed by atoms with Crippen molar-refractivity contribution in [2.75, 3.05) is 0 Å². The lowest BCUT2D eigenvalue weighted by Gasteiger charge is -2.39. The largest absolute Gasteiger partial charge is 0.390 e. The van der Waals surface area contributed by atoms with Gasteiger partial charge in [0.2, 0.25) is 0 Å². The van der Waals surface area contributed by atoms with Crippen molar-refractivity contribution in [3.05, 3.63) is 0 Å². The van der Waals surface area contributed by atoms with Crippen LogP contribution in [0.4, 0.5) is 0 Å². The Bertz CT molecular complexity index is 283. The molecule has 3 heteroatoms. The Morgan fingerprint density at radius 1 is 1.17 bits per heavy atom. The monoisotopic (exact) mass is 256 g/mol. The van der Waals surface area contributed by atoms with Crippen molar-refractivity contribution in [2.45, 2.75) is 77.9 Å². The molecule has 1 aliphatic rings. The second-order valence-electron chi connectivity index (χ2n) is 6.95. The lowest BCUT2D eigenvalue weighted by molar-refractivity contribution is -0.141. The predicted octanol–water partition coefficient (Wildman–Crippen LogP) is 2.68. The van der Waals surface area contributed by atoms with Gasteiger partial charge in [0, 0.05) is 11.8 Å². The van der Waals surface area contributed by atoms with E-state index in [-0.39, 0.29) is 18.1 Å². The smallest absolute Gasteiger partial charge is 0.140 e. The molecule has 3 nitrogen and oxygen atoms in total. The van der Waals surface area contributed by atoms with Crippen molar-refractivity contribution in [1.29, 1.82) is 0 Å². The fourth-order valence-electron chi connectivity index (χ4n) is 2.65. The summed E-state index contributed by atoms with van der Waals surface area (Å²) in [6, 6.07) is 0. The number of ketones is 1. The van der Waals surface area contributed by atoms with Gasteiger partial charge in [0.15, 0.2) is 0 Å². The van der Waals surface area contributed by atoms with E-state index in [9.17, 15) is 15.0 Å². The first-order valence-corrected chi connectivity index (χ1v) is 7.09. The van der Waals surface area contributed by atoms with Crippen molar-refractivity contribution in [1.82, 2.24) is 0 Å². The van der Waals surface area contributed by atoms with Gasteiger partial charge < -0.3 is 10.2 Å². The van der Waals surface area contributed by atoms with Crippen LogP contribution >= 0.6 is 0 Å². The number of aliphatic hydroxyl groups is 2. The summed E-state index contributed by atoms with van der Waals surface area (Å²) in [5.41, 5.74) is -1.59. The molecule has 1 saturated carbocycles. The highest BCUT2D eigenvalue weighted by atomic mass is 16.3. The van der Waals surface area contributed by atoms with E-state index in [1.54, 1.807) is 6.92 Å².